The normalized spacial score (nSPS) is 11.6. The van der Waals surface area contributed by atoms with Gasteiger partial charge < -0.3 is 5.32 Å². The summed E-state index contributed by atoms with van der Waals surface area (Å²) in [4.78, 5) is 29.1. The van der Waals surface area contributed by atoms with Crippen LogP contribution in [0.2, 0.25) is 4.34 Å². The lowest BCUT2D eigenvalue weighted by Gasteiger charge is -2.15. The van der Waals surface area contributed by atoms with E-state index in [1.807, 2.05) is 30.3 Å². The van der Waals surface area contributed by atoms with Gasteiger partial charge in [0.1, 0.15) is 4.21 Å². The molecule has 0 saturated carbocycles. The van der Waals surface area contributed by atoms with E-state index in [0.29, 0.717) is 14.9 Å². The highest BCUT2D eigenvalue weighted by Crippen LogP contribution is 2.32. The van der Waals surface area contributed by atoms with Gasteiger partial charge in [-0.1, -0.05) is 53.3 Å². The molecule has 0 bridgehead atoms. The SMILES string of the molecule is CC(=O)c1sc(NC(=O)CN(C)S(=O)(=O)c2ccc(Cl)s2)nc1-c1ccccc1. The van der Waals surface area contributed by atoms with Crippen molar-refractivity contribution in [3.8, 4) is 11.3 Å². The van der Waals surface area contributed by atoms with Crippen LogP contribution in [0.25, 0.3) is 11.3 Å². The molecule has 2 aromatic heterocycles. The van der Waals surface area contributed by atoms with Crippen LogP contribution in [0.1, 0.15) is 16.6 Å². The Morgan fingerprint density at radius 3 is 2.41 bits per heavy atom. The molecule has 1 N–H and O–H groups in total. The van der Waals surface area contributed by atoms with Gasteiger partial charge in [-0.05, 0) is 12.1 Å². The number of thiazole rings is 1. The second-order valence-electron chi connectivity index (χ2n) is 5.99. The monoisotopic (exact) mass is 469 g/mol. The molecule has 2 heterocycles. The standard InChI is InChI=1S/C18H16ClN3O4S3/c1-11(23)17-16(12-6-4-3-5-7-12)21-18(28-17)20-14(24)10-22(2)29(25,26)15-9-8-13(19)27-15/h3-9H,10H2,1-2H3,(H,20,21,24). The van der Waals surface area contributed by atoms with Crippen LogP contribution < -0.4 is 5.32 Å². The number of sulfonamides is 1. The maximum atomic E-state index is 12.5. The first kappa shape index (κ1) is 21.6. The molecular weight excluding hydrogens is 454 g/mol. The van der Waals surface area contributed by atoms with Crippen LogP contribution in [0.3, 0.4) is 0 Å². The van der Waals surface area contributed by atoms with Crippen LogP contribution in [0.5, 0.6) is 0 Å². The minimum atomic E-state index is -3.83. The summed E-state index contributed by atoms with van der Waals surface area (Å²) in [5.74, 6) is -0.738. The topological polar surface area (TPSA) is 96.4 Å². The zero-order chi connectivity index (χ0) is 21.2. The van der Waals surface area contributed by atoms with E-state index < -0.39 is 22.5 Å². The lowest BCUT2D eigenvalue weighted by molar-refractivity contribution is -0.116. The summed E-state index contributed by atoms with van der Waals surface area (Å²) < 4.78 is 26.3. The molecule has 1 amide bonds. The van der Waals surface area contributed by atoms with Crippen molar-refractivity contribution >= 4 is 61.1 Å². The second-order valence-corrected chi connectivity index (χ2v) is 11.0. The smallest absolute Gasteiger partial charge is 0.252 e. The first-order valence-corrected chi connectivity index (χ1v) is 11.7. The molecule has 0 aliphatic carbocycles. The third-order valence-electron chi connectivity index (χ3n) is 3.82. The molecule has 0 radical (unpaired) electrons. The number of amides is 1. The van der Waals surface area contributed by atoms with E-state index in [4.69, 9.17) is 11.6 Å². The zero-order valence-electron chi connectivity index (χ0n) is 15.4. The van der Waals surface area contributed by atoms with E-state index in [-0.39, 0.29) is 15.1 Å². The first-order valence-electron chi connectivity index (χ1n) is 8.27. The molecule has 29 heavy (non-hydrogen) atoms. The van der Waals surface area contributed by atoms with Gasteiger partial charge in [0.2, 0.25) is 5.91 Å². The molecule has 1 aromatic carbocycles. The number of nitrogens with zero attached hydrogens (tertiary/aromatic N) is 2. The molecule has 0 unspecified atom stereocenters. The van der Waals surface area contributed by atoms with Gasteiger partial charge in [-0.2, -0.15) is 4.31 Å². The molecule has 3 aromatic rings. The number of carbonyl (C=O) groups excluding carboxylic acids is 2. The number of carbonyl (C=O) groups is 2. The van der Waals surface area contributed by atoms with Crippen molar-refractivity contribution in [1.82, 2.24) is 9.29 Å². The van der Waals surface area contributed by atoms with E-state index >= 15 is 0 Å². The van der Waals surface area contributed by atoms with E-state index in [0.717, 1.165) is 32.5 Å². The first-order chi connectivity index (χ1) is 13.7. The number of benzene rings is 1. The molecule has 11 heteroatoms. The number of rotatable bonds is 7. The van der Waals surface area contributed by atoms with Crippen LogP contribution in [0, 0.1) is 0 Å². The van der Waals surface area contributed by atoms with Gasteiger partial charge in [0.15, 0.2) is 10.9 Å². The Kier molecular flexibility index (Phi) is 6.49. The fourth-order valence-corrected chi connectivity index (χ4v) is 6.16. The van der Waals surface area contributed by atoms with E-state index in [1.165, 1.54) is 26.1 Å². The molecule has 0 atom stereocenters. The molecule has 7 nitrogen and oxygen atoms in total. The Balaban J connectivity index is 1.76. The summed E-state index contributed by atoms with van der Waals surface area (Å²) in [6.07, 6.45) is 0. The molecule has 152 valence electrons. The number of likely N-dealkylation sites (N-methyl/N-ethyl adjacent to an activating group) is 1. The van der Waals surface area contributed by atoms with Crippen LogP contribution in [0.4, 0.5) is 5.13 Å². The number of hydrogen-bond acceptors (Lipinski definition) is 7. The number of ketones is 1. The maximum Gasteiger partial charge on any atom is 0.252 e. The molecule has 0 fully saturated rings. The van der Waals surface area contributed by atoms with Crippen molar-refractivity contribution in [2.45, 2.75) is 11.1 Å². The lowest BCUT2D eigenvalue weighted by atomic mass is 10.1. The molecule has 0 spiro atoms. The summed E-state index contributed by atoms with van der Waals surface area (Å²) in [6.45, 7) is 1.02. The predicted octanol–water partition coefficient (Wildman–Crippen LogP) is 3.99. The van der Waals surface area contributed by atoms with Crippen LogP contribution in [-0.2, 0) is 14.8 Å². The number of anilines is 1. The summed E-state index contributed by atoms with van der Waals surface area (Å²) in [5, 5.41) is 2.80. The van der Waals surface area contributed by atoms with Gasteiger partial charge in [-0.15, -0.1) is 11.3 Å². The Bertz CT molecular complexity index is 1160. The number of hydrogen-bond donors (Lipinski definition) is 1. The summed E-state index contributed by atoms with van der Waals surface area (Å²) in [5.41, 5.74) is 1.23. The van der Waals surface area contributed by atoms with Crippen LogP contribution in [-0.4, -0.2) is 43.0 Å². The van der Waals surface area contributed by atoms with E-state index in [1.54, 1.807) is 0 Å². The predicted molar refractivity (Wildman–Crippen MR) is 115 cm³/mol. The highest BCUT2D eigenvalue weighted by atomic mass is 35.5. The molecule has 0 aliphatic rings. The quantitative estimate of drug-likeness (QED) is 0.528. The van der Waals surface area contributed by atoms with E-state index in [9.17, 15) is 18.0 Å². The Morgan fingerprint density at radius 2 is 1.83 bits per heavy atom. The molecule has 0 saturated heterocycles. The summed E-state index contributed by atoms with van der Waals surface area (Å²) >= 11 is 7.76. The van der Waals surface area contributed by atoms with Crippen molar-refractivity contribution in [3.63, 3.8) is 0 Å². The average molecular weight is 470 g/mol. The van der Waals surface area contributed by atoms with Gasteiger partial charge in [0.25, 0.3) is 10.0 Å². The summed E-state index contributed by atoms with van der Waals surface area (Å²) in [6, 6.07) is 12.0. The van der Waals surface area contributed by atoms with Crippen molar-refractivity contribution in [2.75, 3.05) is 18.9 Å². The number of thiophene rings is 1. The Morgan fingerprint density at radius 1 is 1.14 bits per heavy atom. The van der Waals surface area contributed by atoms with Crippen molar-refractivity contribution in [3.05, 3.63) is 51.7 Å². The van der Waals surface area contributed by atoms with Crippen molar-refractivity contribution in [2.24, 2.45) is 0 Å². The largest absolute Gasteiger partial charge is 0.301 e. The highest BCUT2D eigenvalue weighted by Gasteiger charge is 2.25. The fraction of sp³-hybridized carbons (Fsp3) is 0.167. The summed E-state index contributed by atoms with van der Waals surface area (Å²) in [7, 11) is -2.52. The molecule has 0 aliphatic heterocycles. The van der Waals surface area contributed by atoms with Gasteiger partial charge in [0, 0.05) is 19.5 Å². The number of halogens is 1. The zero-order valence-corrected chi connectivity index (χ0v) is 18.6. The maximum absolute atomic E-state index is 12.5. The second kappa shape index (κ2) is 8.72. The number of nitrogens with one attached hydrogen (secondary N) is 1. The minimum absolute atomic E-state index is 0.0530. The van der Waals surface area contributed by atoms with Gasteiger partial charge >= 0.3 is 0 Å². The Hall–Kier alpha value is -2.11. The average Bonchev–Trinajstić information content (AvgIpc) is 3.29. The minimum Gasteiger partial charge on any atom is -0.301 e. The number of aromatic nitrogens is 1. The van der Waals surface area contributed by atoms with Crippen molar-refractivity contribution in [1.29, 1.82) is 0 Å². The Labute approximate surface area is 181 Å². The third-order valence-corrected chi connectivity index (χ3v) is 8.39. The van der Waals surface area contributed by atoms with E-state index in [2.05, 4.69) is 10.3 Å². The molecule has 3 rings (SSSR count). The lowest BCUT2D eigenvalue weighted by Crippen LogP contribution is -2.34. The molecular formula is C18H16ClN3O4S3. The fourth-order valence-electron chi connectivity index (χ4n) is 2.44. The van der Waals surface area contributed by atoms with Gasteiger partial charge in [-0.3, -0.25) is 9.59 Å². The van der Waals surface area contributed by atoms with Crippen LogP contribution >= 0.6 is 34.3 Å². The van der Waals surface area contributed by atoms with Gasteiger partial charge in [-0.25, -0.2) is 13.4 Å². The third kappa shape index (κ3) is 4.90. The van der Waals surface area contributed by atoms with Crippen molar-refractivity contribution < 1.29 is 18.0 Å². The number of Topliss-reactive ketones (excluding diaryl/α,β-unsaturated/α-hetero) is 1. The highest BCUT2D eigenvalue weighted by molar-refractivity contribution is 7.91. The van der Waals surface area contributed by atoms with Gasteiger partial charge in [0.05, 0.1) is 21.5 Å². The van der Waals surface area contributed by atoms with Crippen LogP contribution in [0.15, 0.2) is 46.7 Å².